The molecule has 2 aromatic rings. The molecular weight excluding hydrogens is 316 g/mol. The van der Waals surface area contributed by atoms with Gasteiger partial charge in [0.2, 0.25) is 0 Å². The Labute approximate surface area is 149 Å². The summed E-state index contributed by atoms with van der Waals surface area (Å²) in [7, 11) is 1.68. The van der Waals surface area contributed by atoms with E-state index in [1.54, 1.807) is 18.9 Å². The molecule has 0 saturated heterocycles. The van der Waals surface area contributed by atoms with Crippen LogP contribution in [0.1, 0.15) is 31.4 Å². The summed E-state index contributed by atoms with van der Waals surface area (Å²) in [5.41, 5.74) is 1.67. The summed E-state index contributed by atoms with van der Waals surface area (Å²) in [6.07, 6.45) is 3.98. The van der Waals surface area contributed by atoms with Crippen LogP contribution in [0.4, 0.5) is 0 Å². The van der Waals surface area contributed by atoms with Crippen LogP contribution >= 0.6 is 11.8 Å². The second-order valence-corrected chi connectivity index (χ2v) is 7.54. The lowest BCUT2D eigenvalue weighted by molar-refractivity contribution is 0.128. The van der Waals surface area contributed by atoms with Crippen molar-refractivity contribution in [3.05, 3.63) is 70.6 Å². The number of methoxy groups -OCH3 is 1. The summed E-state index contributed by atoms with van der Waals surface area (Å²) in [5, 5.41) is 10.5. The number of thioether (sulfide) groups is 1. The van der Waals surface area contributed by atoms with Crippen LogP contribution in [-0.2, 0) is 6.42 Å². The van der Waals surface area contributed by atoms with Crippen LogP contribution in [0, 0.1) is 6.92 Å². The molecule has 0 fully saturated rings. The first-order chi connectivity index (χ1) is 11.4. The third kappa shape index (κ3) is 5.73. The fraction of sp³-hybridized carbons (Fsp3) is 0.333. The van der Waals surface area contributed by atoms with Gasteiger partial charge in [-0.1, -0.05) is 47.7 Å². The Morgan fingerprint density at radius 3 is 2.25 bits per heavy atom. The molecule has 0 atom stereocenters. The molecule has 0 heterocycles. The fourth-order valence-electron chi connectivity index (χ4n) is 2.31. The van der Waals surface area contributed by atoms with Crippen molar-refractivity contribution in [2.24, 2.45) is 0 Å². The van der Waals surface area contributed by atoms with Crippen molar-refractivity contribution in [1.82, 2.24) is 0 Å². The molecule has 2 aromatic carbocycles. The number of benzene rings is 2. The Kier molecular flexibility index (Phi) is 6.52. The van der Waals surface area contributed by atoms with Gasteiger partial charge in [-0.15, -0.1) is 0 Å². The van der Waals surface area contributed by atoms with Gasteiger partial charge in [-0.05, 0) is 63.4 Å². The Morgan fingerprint density at radius 2 is 1.71 bits per heavy atom. The van der Waals surface area contributed by atoms with Gasteiger partial charge in [-0.2, -0.15) is 0 Å². The van der Waals surface area contributed by atoms with Gasteiger partial charge in [0.25, 0.3) is 0 Å². The van der Waals surface area contributed by atoms with Crippen molar-refractivity contribution in [2.75, 3.05) is 7.11 Å². The lowest BCUT2D eigenvalue weighted by Crippen LogP contribution is -2.20. The first-order valence-electron chi connectivity index (χ1n) is 8.19. The Morgan fingerprint density at radius 1 is 1.08 bits per heavy atom. The third-order valence-corrected chi connectivity index (χ3v) is 5.17. The number of rotatable bonds is 7. The standard InChI is InChI=1S/C21H26O2S/c1-16-8-14-19(15-9-16)24-20(21(2,3)22)7-5-6-17-10-12-18(23-4)13-11-17/h7-15,22H,5-6H2,1-4H3/b20-7+. The predicted molar refractivity (Wildman–Crippen MR) is 103 cm³/mol. The number of ether oxygens (including phenoxy) is 1. The Hall–Kier alpha value is -1.71. The quantitative estimate of drug-likeness (QED) is 0.685. The molecule has 0 aliphatic rings. The zero-order valence-electron chi connectivity index (χ0n) is 14.9. The Bertz CT molecular complexity index is 664. The van der Waals surface area contributed by atoms with E-state index in [0.717, 1.165) is 28.4 Å². The molecule has 0 bridgehead atoms. The molecule has 0 aliphatic heterocycles. The van der Waals surface area contributed by atoms with E-state index in [9.17, 15) is 5.11 Å². The summed E-state index contributed by atoms with van der Waals surface area (Å²) in [5.74, 6) is 0.876. The van der Waals surface area contributed by atoms with Gasteiger partial charge in [0.05, 0.1) is 12.7 Å². The maximum absolute atomic E-state index is 10.5. The van der Waals surface area contributed by atoms with Crippen LogP contribution in [0.15, 0.2) is 64.4 Å². The third-order valence-electron chi connectivity index (χ3n) is 3.77. The first kappa shape index (κ1) is 18.6. The van der Waals surface area contributed by atoms with Crippen molar-refractivity contribution >= 4 is 11.8 Å². The molecule has 0 spiro atoms. The van der Waals surface area contributed by atoms with Crippen LogP contribution in [0.25, 0.3) is 0 Å². The highest BCUT2D eigenvalue weighted by atomic mass is 32.2. The van der Waals surface area contributed by atoms with E-state index >= 15 is 0 Å². The largest absolute Gasteiger partial charge is 0.497 e. The van der Waals surface area contributed by atoms with Gasteiger partial charge in [0.15, 0.2) is 0 Å². The minimum absolute atomic E-state index is 0.838. The molecule has 0 aromatic heterocycles. The number of hydrogen-bond donors (Lipinski definition) is 1. The van der Waals surface area contributed by atoms with Crippen molar-refractivity contribution < 1.29 is 9.84 Å². The van der Waals surface area contributed by atoms with Gasteiger partial charge in [-0.25, -0.2) is 0 Å². The maximum Gasteiger partial charge on any atom is 0.118 e. The summed E-state index contributed by atoms with van der Waals surface area (Å²) >= 11 is 1.64. The monoisotopic (exact) mass is 342 g/mol. The van der Waals surface area contributed by atoms with E-state index in [1.807, 2.05) is 26.0 Å². The minimum Gasteiger partial charge on any atom is -0.497 e. The highest BCUT2D eigenvalue weighted by molar-refractivity contribution is 8.03. The Balaban J connectivity index is 2.03. The number of aliphatic hydroxyl groups is 1. The highest BCUT2D eigenvalue weighted by Crippen LogP contribution is 2.34. The topological polar surface area (TPSA) is 29.5 Å². The van der Waals surface area contributed by atoms with Gasteiger partial charge in [-0.3, -0.25) is 0 Å². The van der Waals surface area contributed by atoms with Crippen molar-refractivity contribution in [3.8, 4) is 5.75 Å². The van der Waals surface area contributed by atoms with Crippen LogP contribution in [-0.4, -0.2) is 17.8 Å². The van der Waals surface area contributed by atoms with Gasteiger partial charge in [0, 0.05) is 9.80 Å². The first-order valence-corrected chi connectivity index (χ1v) is 9.00. The average Bonchev–Trinajstić information content (AvgIpc) is 2.55. The fourth-order valence-corrected chi connectivity index (χ4v) is 3.29. The molecule has 2 rings (SSSR count). The summed E-state index contributed by atoms with van der Waals surface area (Å²) in [6.45, 7) is 5.76. The smallest absolute Gasteiger partial charge is 0.118 e. The van der Waals surface area contributed by atoms with E-state index in [2.05, 4.69) is 49.4 Å². The van der Waals surface area contributed by atoms with E-state index < -0.39 is 5.60 Å². The van der Waals surface area contributed by atoms with Crippen LogP contribution < -0.4 is 4.74 Å². The minimum atomic E-state index is -0.838. The zero-order chi connectivity index (χ0) is 17.6. The van der Waals surface area contributed by atoms with Crippen molar-refractivity contribution in [3.63, 3.8) is 0 Å². The molecule has 0 aliphatic carbocycles. The van der Waals surface area contributed by atoms with Crippen LogP contribution in [0.3, 0.4) is 0 Å². The van der Waals surface area contributed by atoms with E-state index in [1.165, 1.54) is 11.1 Å². The molecule has 3 heteroatoms. The highest BCUT2D eigenvalue weighted by Gasteiger charge is 2.20. The van der Waals surface area contributed by atoms with E-state index in [-0.39, 0.29) is 0 Å². The molecule has 24 heavy (non-hydrogen) atoms. The molecule has 2 nitrogen and oxygen atoms in total. The summed E-state index contributed by atoms with van der Waals surface area (Å²) in [4.78, 5) is 2.14. The van der Waals surface area contributed by atoms with Crippen molar-refractivity contribution in [1.29, 1.82) is 0 Å². The number of aryl methyl sites for hydroxylation is 2. The number of hydrogen-bond acceptors (Lipinski definition) is 3. The summed E-state index contributed by atoms with van der Waals surface area (Å²) in [6, 6.07) is 16.5. The average molecular weight is 343 g/mol. The normalized spacial score (nSPS) is 12.3. The lowest BCUT2D eigenvalue weighted by atomic mass is 10.1. The predicted octanol–water partition coefficient (Wildman–Crippen LogP) is 5.38. The maximum atomic E-state index is 10.5. The van der Waals surface area contributed by atoms with Crippen LogP contribution in [0.5, 0.6) is 5.75 Å². The van der Waals surface area contributed by atoms with E-state index in [0.29, 0.717) is 0 Å². The second-order valence-electron chi connectivity index (χ2n) is 6.43. The van der Waals surface area contributed by atoms with Gasteiger partial charge in [0.1, 0.15) is 5.75 Å². The van der Waals surface area contributed by atoms with Crippen LogP contribution in [0.2, 0.25) is 0 Å². The molecule has 128 valence electrons. The van der Waals surface area contributed by atoms with Crippen molar-refractivity contribution in [2.45, 2.75) is 44.1 Å². The second kappa shape index (κ2) is 8.41. The van der Waals surface area contributed by atoms with E-state index in [4.69, 9.17) is 4.74 Å². The molecular formula is C21H26O2S. The van der Waals surface area contributed by atoms with Gasteiger partial charge >= 0.3 is 0 Å². The molecule has 0 saturated carbocycles. The van der Waals surface area contributed by atoms with Gasteiger partial charge < -0.3 is 9.84 Å². The summed E-state index contributed by atoms with van der Waals surface area (Å²) < 4.78 is 5.18. The molecule has 1 N–H and O–H groups in total. The lowest BCUT2D eigenvalue weighted by Gasteiger charge is -2.21. The molecule has 0 radical (unpaired) electrons. The molecule has 0 unspecified atom stereocenters. The molecule has 0 amide bonds. The number of allylic oxidation sites excluding steroid dienone is 1. The zero-order valence-corrected chi connectivity index (χ0v) is 15.7. The SMILES string of the molecule is COc1ccc(CC/C=C(/Sc2ccc(C)cc2)C(C)(C)O)cc1.